The number of non-ortho nitro benzene ring substituents is 2. The predicted molar refractivity (Wildman–Crippen MR) is 123 cm³/mol. The zero-order valence-corrected chi connectivity index (χ0v) is 18.3. The first kappa shape index (κ1) is 23.7. The standard InChI is InChI=1S/C24H16N4O8/c25-12-20-23(14-1-3-15(4-2-14)27(30)31)19-10-9-18(11-21(19)36-24(20)26)35-22(29)13-34-17-7-5-16(6-8-17)28(32)33/h1-11,23H,13,26H2. The van der Waals surface area contributed by atoms with Crippen molar-refractivity contribution in [3.63, 3.8) is 0 Å². The molecule has 1 heterocycles. The van der Waals surface area contributed by atoms with Crippen LogP contribution in [0.25, 0.3) is 0 Å². The van der Waals surface area contributed by atoms with Crippen LogP contribution >= 0.6 is 0 Å². The number of hydrogen-bond donors (Lipinski definition) is 1. The summed E-state index contributed by atoms with van der Waals surface area (Å²) in [6.07, 6.45) is 0. The normalized spacial score (nSPS) is 14.1. The monoisotopic (exact) mass is 488 g/mol. The Morgan fingerprint density at radius 2 is 1.56 bits per heavy atom. The molecule has 12 heteroatoms. The predicted octanol–water partition coefficient (Wildman–Crippen LogP) is 3.71. The molecule has 0 aliphatic carbocycles. The minimum Gasteiger partial charge on any atom is -0.482 e. The van der Waals surface area contributed by atoms with Crippen LogP contribution in [0.4, 0.5) is 11.4 Å². The molecule has 0 saturated heterocycles. The van der Waals surface area contributed by atoms with Crippen LogP contribution in [0.3, 0.4) is 0 Å². The molecule has 1 aliphatic rings. The average molecular weight is 488 g/mol. The van der Waals surface area contributed by atoms with Crippen molar-refractivity contribution in [2.75, 3.05) is 6.61 Å². The lowest BCUT2D eigenvalue weighted by Gasteiger charge is -2.26. The summed E-state index contributed by atoms with van der Waals surface area (Å²) in [4.78, 5) is 32.8. The molecule has 0 saturated carbocycles. The summed E-state index contributed by atoms with van der Waals surface area (Å²) in [5.74, 6) is -0.900. The number of carbonyl (C=O) groups excluding carboxylic acids is 1. The number of nitro benzene ring substituents is 2. The van der Waals surface area contributed by atoms with Gasteiger partial charge in [-0.05, 0) is 23.8 Å². The van der Waals surface area contributed by atoms with Crippen molar-refractivity contribution in [2.45, 2.75) is 5.92 Å². The number of nitriles is 1. The molecule has 0 radical (unpaired) electrons. The van der Waals surface area contributed by atoms with E-state index >= 15 is 0 Å². The summed E-state index contributed by atoms with van der Waals surface area (Å²) in [5.41, 5.74) is 7.03. The summed E-state index contributed by atoms with van der Waals surface area (Å²) in [6, 6.07) is 17.5. The molecule has 2 N–H and O–H groups in total. The molecule has 1 unspecified atom stereocenters. The van der Waals surface area contributed by atoms with Crippen LogP contribution in [0.1, 0.15) is 17.0 Å². The first-order valence-electron chi connectivity index (χ1n) is 10.3. The Morgan fingerprint density at radius 1 is 0.972 bits per heavy atom. The second-order valence-corrected chi connectivity index (χ2v) is 7.49. The van der Waals surface area contributed by atoms with Crippen LogP contribution in [0.2, 0.25) is 0 Å². The SMILES string of the molecule is N#CC1=C(N)Oc2cc(OC(=O)COc3ccc([N+](=O)[O-])cc3)ccc2C1c1ccc([N+](=O)[O-])cc1. The van der Waals surface area contributed by atoms with Gasteiger partial charge in [-0.1, -0.05) is 18.2 Å². The molecule has 0 fully saturated rings. The fraction of sp³-hybridized carbons (Fsp3) is 0.0833. The van der Waals surface area contributed by atoms with Gasteiger partial charge in [0.25, 0.3) is 11.4 Å². The van der Waals surface area contributed by atoms with Gasteiger partial charge in [0, 0.05) is 35.9 Å². The fourth-order valence-electron chi connectivity index (χ4n) is 3.60. The van der Waals surface area contributed by atoms with E-state index in [-0.39, 0.29) is 40.1 Å². The molecule has 0 amide bonds. The molecule has 0 spiro atoms. The van der Waals surface area contributed by atoms with E-state index in [1.54, 1.807) is 6.07 Å². The van der Waals surface area contributed by atoms with Crippen LogP contribution < -0.4 is 19.9 Å². The maximum Gasteiger partial charge on any atom is 0.349 e. The smallest absolute Gasteiger partial charge is 0.349 e. The van der Waals surface area contributed by atoms with Crippen LogP contribution in [0.15, 0.2) is 78.2 Å². The Morgan fingerprint density at radius 3 is 2.14 bits per heavy atom. The van der Waals surface area contributed by atoms with Crippen molar-refractivity contribution >= 4 is 17.3 Å². The second-order valence-electron chi connectivity index (χ2n) is 7.49. The highest BCUT2D eigenvalue weighted by atomic mass is 16.6. The van der Waals surface area contributed by atoms with Crippen LogP contribution in [-0.2, 0) is 4.79 Å². The van der Waals surface area contributed by atoms with Gasteiger partial charge < -0.3 is 19.9 Å². The molecule has 180 valence electrons. The number of benzene rings is 3. The Balaban J connectivity index is 1.51. The van der Waals surface area contributed by atoms with Crippen LogP contribution in [0, 0.1) is 31.6 Å². The van der Waals surface area contributed by atoms with Gasteiger partial charge in [-0.15, -0.1) is 0 Å². The number of nitrogens with zero attached hydrogens (tertiary/aromatic N) is 3. The second kappa shape index (κ2) is 9.82. The summed E-state index contributed by atoms with van der Waals surface area (Å²) in [7, 11) is 0. The number of nitro groups is 2. The fourth-order valence-corrected chi connectivity index (χ4v) is 3.60. The number of nitrogens with two attached hydrogens (primary N) is 1. The van der Waals surface area contributed by atoms with E-state index in [0.29, 0.717) is 11.1 Å². The van der Waals surface area contributed by atoms with E-state index in [1.807, 2.05) is 6.07 Å². The minimum atomic E-state index is -0.739. The van der Waals surface area contributed by atoms with E-state index in [2.05, 4.69) is 0 Å². The molecule has 1 atom stereocenters. The van der Waals surface area contributed by atoms with E-state index in [4.69, 9.17) is 19.9 Å². The molecule has 3 aromatic rings. The van der Waals surface area contributed by atoms with Crippen molar-refractivity contribution in [3.05, 3.63) is 110 Å². The van der Waals surface area contributed by atoms with E-state index < -0.39 is 28.3 Å². The van der Waals surface area contributed by atoms with Gasteiger partial charge in [0.1, 0.15) is 28.9 Å². The minimum absolute atomic E-state index is 0.0975. The third-order valence-electron chi connectivity index (χ3n) is 5.26. The average Bonchev–Trinajstić information content (AvgIpc) is 2.87. The van der Waals surface area contributed by atoms with Crippen molar-refractivity contribution in [1.29, 1.82) is 5.26 Å². The zero-order valence-electron chi connectivity index (χ0n) is 18.3. The van der Waals surface area contributed by atoms with Crippen molar-refractivity contribution in [1.82, 2.24) is 0 Å². The van der Waals surface area contributed by atoms with Crippen molar-refractivity contribution in [3.8, 4) is 23.3 Å². The molecule has 1 aliphatic heterocycles. The molecule has 0 bridgehead atoms. The Bertz CT molecular complexity index is 1430. The maximum atomic E-state index is 12.2. The number of carbonyl (C=O) groups is 1. The summed E-state index contributed by atoms with van der Waals surface area (Å²) < 4.78 is 16.2. The van der Waals surface area contributed by atoms with E-state index in [1.165, 1.54) is 60.7 Å². The van der Waals surface area contributed by atoms with Crippen molar-refractivity contribution in [2.24, 2.45) is 5.73 Å². The molecule has 36 heavy (non-hydrogen) atoms. The Kier molecular flexibility index (Phi) is 6.47. The third-order valence-corrected chi connectivity index (χ3v) is 5.26. The number of rotatable bonds is 7. The van der Waals surface area contributed by atoms with E-state index in [0.717, 1.165) is 0 Å². The van der Waals surface area contributed by atoms with Gasteiger partial charge in [-0.3, -0.25) is 20.2 Å². The first-order chi connectivity index (χ1) is 17.3. The van der Waals surface area contributed by atoms with Crippen molar-refractivity contribution < 1.29 is 28.9 Å². The molecular formula is C24H16N4O8. The van der Waals surface area contributed by atoms with Gasteiger partial charge >= 0.3 is 5.97 Å². The molecule has 12 nitrogen and oxygen atoms in total. The molecular weight excluding hydrogens is 472 g/mol. The Hall–Kier alpha value is -5.44. The summed E-state index contributed by atoms with van der Waals surface area (Å²) in [5, 5.41) is 31.3. The molecule has 0 aromatic heterocycles. The number of esters is 1. The van der Waals surface area contributed by atoms with Gasteiger partial charge in [-0.2, -0.15) is 5.26 Å². The van der Waals surface area contributed by atoms with Gasteiger partial charge in [0.05, 0.1) is 15.8 Å². The first-order valence-corrected chi connectivity index (χ1v) is 10.3. The maximum absolute atomic E-state index is 12.2. The lowest BCUT2D eigenvalue weighted by molar-refractivity contribution is -0.385. The number of allylic oxidation sites excluding steroid dienone is 1. The third kappa shape index (κ3) is 4.90. The highest BCUT2D eigenvalue weighted by molar-refractivity contribution is 5.74. The Labute approximate surface area is 203 Å². The van der Waals surface area contributed by atoms with Crippen LogP contribution in [-0.4, -0.2) is 22.4 Å². The lowest BCUT2D eigenvalue weighted by atomic mass is 9.83. The number of fused-ring (bicyclic) bond motifs is 1. The molecule has 4 rings (SSSR count). The van der Waals surface area contributed by atoms with Gasteiger partial charge in [-0.25, -0.2) is 4.79 Å². The highest BCUT2D eigenvalue weighted by Crippen LogP contribution is 2.43. The quantitative estimate of drug-likeness (QED) is 0.223. The molecule has 3 aromatic carbocycles. The summed E-state index contributed by atoms with van der Waals surface area (Å²) in [6.45, 7) is -0.457. The zero-order chi connectivity index (χ0) is 25.8. The summed E-state index contributed by atoms with van der Waals surface area (Å²) >= 11 is 0. The highest BCUT2D eigenvalue weighted by Gasteiger charge is 2.31. The topological polar surface area (TPSA) is 181 Å². The van der Waals surface area contributed by atoms with Crippen LogP contribution in [0.5, 0.6) is 17.2 Å². The van der Waals surface area contributed by atoms with Gasteiger partial charge in [0.2, 0.25) is 5.88 Å². The van der Waals surface area contributed by atoms with Gasteiger partial charge in [0.15, 0.2) is 6.61 Å². The number of hydrogen-bond acceptors (Lipinski definition) is 10. The lowest BCUT2D eigenvalue weighted by Crippen LogP contribution is -2.21. The number of ether oxygens (including phenoxy) is 3. The van der Waals surface area contributed by atoms with E-state index in [9.17, 15) is 30.3 Å². The largest absolute Gasteiger partial charge is 0.482 e.